The number of aromatic nitrogens is 4. The third-order valence-electron chi connectivity index (χ3n) is 5.45. The van der Waals surface area contributed by atoms with Crippen molar-refractivity contribution >= 4 is 21.7 Å². The Hall–Kier alpha value is -2.82. The number of nitrogens with zero attached hydrogens (tertiary/aromatic N) is 4. The Morgan fingerprint density at radius 2 is 1.94 bits per heavy atom. The largest absolute Gasteiger partial charge is 0.383 e. The van der Waals surface area contributed by atoms with E-state index in [0.717, 1.165) is 36.1 Å². The lowest BCUT2D eigenvalue weighted by Gasteiger charge is -2.11. The Bertz CT molecular complexity index is 1160. The summed E-state index contributed by atoms with van der Waals surface area (Å²) in [7, 11) is -2.05. The van der Waals surface area contributed by atoms with Crippen LogP contribution in [-0.2, 0) is 21.3 Å². The molecule has 0 unspecified atom stereocenters. The van der Waals surface area contributed by atoms with Gasteiger partial charge >= 0.3 is 0 Å². The van der Waals surface area contributed by atoms with Crippen molar-refractivity contribution in [2.45, 2.75) is 37.6 Å². The molecule has 0 spiro atoms. The highest BCUT2D eigenvalue weighted by Gasteiger charge is 2.22. The Kier molecular flexibility index (Phi) is 6.83. The van der Waals surface area contributed by atoms with E-state index in [-0.39, 0.29) is 11.4 Å². The maximum absolute atomic E-state index is 12.3. The molecule has 10 heteroatoms. The molecule has 1 aliphatic rings. The number of ether oxygens (including phenoxy) is 1. The molecule has 1 aliphatic carbocycles. The van der Waals surface area contributed by atoms with Gasteiger partial charge in [0, 0.05) is 32.1 Å². The van der Waals surface area contributed by atoms with E-state index < -0.39 is 10.0 Å². The van der Waals surface area contributed by atoms with Crippen LogP contribution in [0.4, 0.5) is 11.6 Å². The highest BCUT2D eigenvalue weighted by atomic mass is 32.2. The van der Waals surface area contributed by atoms with E-state index >= 15 is 0 Å². The molecule has 1 saturated carbocycles. The third-order valence-corrected chi connectivity index (χ3v) is 6.93. The summed E-state index contributed by atoms with van der Waals surface area (Å²) in [5, 5.41) is 3.14. The number of aryl methyl sites for hydroxylation is 1. The van der Waals surface area contributed by atoms with E-state index in [9.17, 15) is 8.42 Å². The molecule has 4 rings (SSSR count). The quantitative estimate of drug-likeness (QED) is 0.427. The first-order chi connectivity index (χ1) is 15.5. The van der Waals surface area contributed by atoms with E-state index in [1.807, 2.05) is 19.2 Å². The van der Waals surface area contributed by atoms with Gasteiger partial charge in [0.25, 0.3) is 0 Å². The Labute approximate surface area is 188 Å². The molecule has 1 aromatic carbocycles. The highest BCUT2D eigenvalue weighted by Crippen LogP contribution is 2.33. The molecule has 0 atom stereocenters. The molecule has 0 radical (unpaired) electrons. The number of anilines is 2. The molecule has 32 heavy (non-hydrogen) atoms. The summed E-state index contributed by atoms with van der Waals surface area (Å²) in [6.07, 6.45) is 7.37. The van der Waals surface area contributed by atoms with Gasteiger partial charge in [0.15, 0.2) is 0 Å². The van der Waals surface area contributed by atoms with E-state index in [1.165, 1.54) is 32.1 Å². The van der Waals surface area contributed by atoms with Crippen molar-refractivity contribution in [3.05, 3.63) is 48.5 Å². The minimum Gasteiger partial charge on any atom is -0.383 e. The number of benzene rings is 1. The predicted molar refractivity (Wildman–Crippen MR) is 122 cm³/mol. The lowest BCUT2D eigenvalue weighted by Crippen LogP contribution is -2.27. The molecule has 0 bridgehead atoms. The highest BCUT2D eigenvalue weighted by molar-refractivity contribution is 7.89. The molecule has 1 fully saturated rings. The van der Waals surface area contributed by atoms with E-state index in [4.69, 9.17) is 4.74 Å². The lowest BCUT2D eigenvalue weighted by atomic mass is 10.2. The minimum atomic E-state index is -3.57. The van der Waals surface area contributed by atoms with Gasteiger partial charge in [-0.05, 0) is 49.6 Å². The first-order valence-electron chi connectivity index (χ1n) is 10.7. The van der Waals surface area contributed by atoms with Crippen LogP contribution in [0, 0.1) is 12.8 Å². The summed E-state index contributed by atoms with van der Waals surface area (Å²) in [6.45, 7) is 3.48. The van der Waals surface area contributed by atoms with Crippen molar-refractivity contribution in [3.8, 4) is 11.4 Å². The Balaban J connectivity index is 1.47. The van der Waals surface area contributed by atoms with Crippen LogP contribution in [0.5, 0.6) is 0 Å². The van der Waals surface area contributed by atoms with E-state index in [0.29, 0.717) is 18.2 Å². The molecule has 0 saturated heterocycles. The summed E-state index contributed by atoms with van der Waals surface area (Å²) in [5.74, 6) is 2.25. The Morgan fingerprint density at radius 1 is 1.16 bits per heavy atom. The van der Waals surface area contributed by atoms with Gasteiger partial charge in [-0.15, -0.1) is 0 Å². The lowest BCUT2D eigenvalue weighted by molar-refractivity contribution is 0.204. The van der Waals surface area contributed by atoms with Gasteiger partial charge in [-0.1, -0.05) is 12.8 Å². The molecule has 2 heterocycles. The summed E-state index contributed by atoms with van der Waals surface area (Å²) in [4.78, 5) is 13.6. The van der Waals surface area contributed by atoms with Crippen molar-refractivity contribution in [1.82, 2.24) is 24.2 Å². The molecule has 0 amide bonds. The zero-order valence-electron chi connectivity index (χ0n) is 18.3. The maximum Gasteiger partial charge on any atom is 0.240 e. The zero-order chi connectivity index (χ0) is 22.6. The van der Waals surface area contributed by atoms with Gasteiger partial charge < -0.3 is 14.6 Å². The second-order valence-corrected chi connectivity index (χ2v) is 9.65. The molecular formula is C22H28N6O3S. The van der Waals surface area contributed by atoms with Crippen LogP contribution in [0.1, 0.15) is 25.1 Å². The van der Waals surface area contributed by atoms with Crippen molar-refractivity contribution in [2.24, 2.45) is 5.92 Å². The number of hydrogen-bond donors (Lipinski definition) is 2. The fourth-order valence-corrected chi connectivity index (χ4v) is 4.46. The monoisotopic (exact) mass is 456 g/mol. The minimum absolute atomic E-state index is 0.184. The molecule has 9 nitrogen and oxygen atoms in total. The van der Waals surface area contributed by atoms with Gasteiger partial charge in [-0.3, -0.25) is 0 Å². The second-order valence-electron chi connectivity index (χ2n) is 7.88. The number of nitrogens with one attached hydrogen (secondary N) is 2. The van der Waals surface area contributed by atoms with Crippen molar-refractivity contribution in [3.63, 3.8) is 0 Å². The fourth-order valence-electron chi connectivity index (χ4n) is 3.44. The number of methoxy groups -OCH3 is 1. The van der Waals surface area contributed by atoms with Crippen LogP contribution in [0.15, 0.2) is 47.6 Å². The third kappa shape index (κ3) is 5.50. The molecule has 2 aromatic heterocycles. The predicted octanol–water partition coefficient (Wildman–Crippen LogP) is 3.12. The molecule has 2 N–H and O–H groups in total. The average Bonchev–Trinajstić information content (AvgIpc) is 3.54. The molecule has 3 aromatic rings. The summed E-state index contributed by atoms with van der Waals surface area (Å²) in [5.41, 5.74) is 2.45. The zero-order valence-corrected chi connectivity index (χ0v) is 19.1. The van der Waals surface area contributed by atoms with Crippen molar-refractivity contribution in [2.75, 3.05) is 25.6 Å². The first-order valence-corrected chi connectivity index (χ1v) is 12.2. The SMILES string of the molecule is COCCNS(=O)(=O)c1ccc(Nc2nccc(-c3cnc(C)n3CCC3CC3)n2)cc1. The van der Waals surface area contributed by atoms with Crippen LogP contribution in [0.3, 0.4) is 0 Å². The van der Waals surface area contributed by atoms with Crippen molar-refractivity contribution < 1.29 is 13.2 Å². The topological polar surface area (TPSA) is 111 Å². The van der Waals surface area contributed by atoms with Crippen LogP contribution >= 0.6 is 0 Å². The van der Waals surface area contributed by atoms with E-state index in [1.54, 1.807) is 18.3 Å². The average molecular weight is 457 g/mol. The Morgan fingerprint density at radius 3 is 2.66 bits per heavy atom. The number of imidazole rings is 1. The number of hydrogen-bond acceptors (Lipinski definition) is 7. The molecule has 170 valence electrons. The first kappa shape index (κ1) is 22.4. The van der Waals surface area contributed by atoms with Gasteiger partial charge in [0.1, 0.15) is 5.82 Å². The molecular weight excluding hydrogens is 428 g/mol. The molecule has 0 aliphatic heterocycles. The van der Waals surface area contributed by atoms with Gasteiger partial charge in [-0.2, -0.15) is 0 Å². The van der Waals surface area contributed by atoms with Gasteiger partial charge in [0.05, 0.1) is 29.1 Å². The number of sulfonamides is 1. The van der Waals surface area contributed by atoms with Crippen molar-refractivity contribution in [1.29, 1.82) is 0 Å². The normalized spacial score (nSPS) is 13.9. The summed E-state index contributed by atoms with van der Waals surface area (Å²) < 4.78 is 34.2. The van der Waals surface area contributed by atoms with Crippen LogP contribution in [0.2, 0.25) is 0 Å². The number of rotatable bonds is 11. The summed E-state index contributed by atoms with van der Waals surface area (Å²) >= 11 is 0. The summed E-state index contributed by atoms with van der Waals surface area (Å²) in [6, 6.07) is 8.32. The van der Waals surface area contributed by atoms with Gasteiger partial charge in [0.2, 0.25) is 16.0 Å². The standard InChI is InChI=1S/C22H28N6O3S/c1-16-24-15-21(28(16)13-10-17-3-4-17)20-9-11-23-22(27-20)26-18-5-7-19(8-6-18)32(29,30)25-12-14-31-2/h5-9,11,15,17,25H,3-4,10,12-14H2,1-2H3,(H,23,26,27). The van der Waals surface area contributed by atoms with Crippen LogP contribution in [-0.4, -0.2) is 48.2 Å². The second kappa shape index (κ2) is 9.76. The van der Waals surface area contributed by atoms with E-state index in [2.05, 4.69) is 29.6 Å². The fraction of sp³-hybridized carbons (Fsp3) is 0.409. The van der Waals surface area contributed by atoms with Crippen LogP contribution < -0.4 is 10.0 Å². The van der Waals surface area contributed by atoms with Crippen LogP contribution in [0.25, 0.3) is 11.4 Å². The van der Waals surface area contributed by atoms with Gasteiger partial charge in [-0.25, -0.2) is 28.1 Å². The smallest absolute Gasteiger partial charge is 0.240 e. The maximum atomic E-state index is 12.3.